The maximum absolute atomic E-state index is 5.26. The lowest BCUT2D eigenvalue weighted by atomic mass is 10.4. The van der Waals surface area contributed by atoms with Crippen LogP contribution in [-0.2, 0) is 6.54 Å². The van der Waals surface area contributed by atoms with Crippen molar-refractivity contribution in [2.45, 2.75) is 13.5 Å². The van der Waals surface area contributed by atoms with E-state index in [-0.39, 0.29) is 0 Å². The van der Waals surface area contributed by atoms with E-state index in [9.17, 15) is 0 Å². The van der Waals surface area contributed by atoms with Crippen LogP contribution < -0.4 is 5.32 Å². The van der Waals surface area contributed by atoms with Crippen molar-refractivity contribution in [3.05, 3.63) is 29.5 Å². The van der Waals surface area contributed by atoms with Gasteiger partial charge in [0.15, 0.2) is 10.8 Å². The molecule has 0 spiro atoms. The monoisotopic (exact) mass is 208 g/mol. The number of furan rings is 1. The van der Waals surface area contributed by atoms with E-state index in [0.717, 1.165) is 29.6 Å². The molecule has 0 saturated heterocycles. The predicted octanol–water partition coefficient (Wildman–Crippen LogP) is 2.51. The van der Waals surface area contributed by atoms with Crippen LogP contribution in [0.2, 0.25) is 0 Å². The number of hydrogen-bond acceptors (Lipinski definition) is 4. The maximum atomic E-state index is 5.26. The SMILES string of the molecule is CCNCc1csc(-c2ccco2)n1. The van der Waals surface area contributed by atoms with E-state index in [1.807, 2.05) is 12.1 Å². The molecule has 0 atom stereocenters. The average molecular weight is 208 g/mol. The molecule has 2 rings (SSSR count). The number of nitrogens with one attached hydrogen (secondary N) is 1. The Morgan fingerprint density at radius 2 is 2.50 bits per heavy atom. The second kappa shape index (κ2) is 4.39. The molecule has 3 nitrogen and oxygen atoms in total. The minimum atomic E-state index is 0.827. The first-order valence-corrected chi connectivity index (χ1v) is 5.47. The van der Waals surface area contributed by atoms with Gasteiger partial charge in [-0.2, -0.15) is 0 Å². The Bertz CT molecular complexity index is 380. The first-order chi connectivity index (χ1) is 6.90. The maximum Gasteiger partial charge on any atom is 0.162 e. The molecule has 0 fully saturated rings. The molecule has 2 aromatic heterocycles. The van der Waals surface area contributed by atoms with E-state index in [0.29, 0.717) is 0 Å². The van der Waals surface area contributed by atoms with Gasteiger partial charge in [0.1, 0.15) is 0 Å². The van der Waals surface area contributed by atoms with Gasteiger partial charge in [0.25, 0.3) is 0 Å². The molecular formula is C10H12N2OS. The quantitative estimate of drug-likeness (QED) is 0.839. The van der Waals surface area contributed by atoms with Crippen molar-refractivity contribution in [1.82, 2.24) is 10.3 Å². The zero-order chi connectivity index (χ0) is 9.80. The molecule has 0 aliphatic heterocycles. The third kappa shape index (κ3) is 2.02. The fourth-order valence-corrected chi connectivity index (χ4v) is 1.94. The van der Waals surface area contributed by atoms with Crippen LogP contribution in [0.15, 0.2) is 28.2 Å². The molecule has 0 bridgehead atoms. The van der Waals surface area contributed by atoms with Gasteiger partial charge in [-0.05, 0) is 18.7 Å². The summed E-state index contributed by atoms with van der Waals surface area (Å²) >= 11 is 1.61. The largest absolute Gasteiger partial charge is 0.462 e. The Kier molecular flexibility index (Phi) is 2.96. The zero-order valence-corrected chi connectivity index (χ0v) is 8.80. The van der Waals surface area contributed by atoms with Gasteiger partial charge in [0.05, 0.1) is 12.0 Å². The molecule has 74 valence electrons. The molecule has 0 aliphatic rings. The van der Waals surface area contributed by atoms with Crippen molar-refractivity contribution in [2.24, 2.45) is 0 Å². The molecule has 0 radical (unpaired) electrons. The van der Waals surface area contributed by atoms with E-state index in [1.54, 1.807) is 17.6 Å². The first-order valence-electron chi connectivity index (χ1n) is 4.59. The number of nitrogens with zero attached hydrogens (tertiary/aromatic N) is 1. The van der Waals surface area contributed by atoms with Crippen molar-refractivity contribution < 1.29 is 4.42 Å². The Labute approximate surface area is 86.8 Å². The smallest absolute Gasteiger partial charge is 0.162 e. The van der Waals surface area contributed by atoms with E-state index >= 15 is 0 Å². The van der Waals surface area contributed by atoms with Crippen LogP contribution in [0.1, 0.15) is 12.6 Å². The molecule has 14 heavy (non-hydrogen) atoms. The molecule has 0 aliphatic carbocycles. The van der Waals surface area contributed by atoms with Gasteiger partial charge in [0.2, 0.25) is 0 Å². The lowest BCUT2D eigenvalue weighted by Gasteiger charge is -1.95. The second-order valence-corrected chi connectivity index (χ2v) is 3.76. The van der Waals surface area contributed by atoms with E-state index in [2.05, 4.69) is 22.6 Å². The molecule has 1 N–H and O–H groups in total. The van der Waals surface area contributed by atoms with Crippen LogP contribution in [0.25, 0.3) is 10.8 Å². The number of thiazole rings is 1. The van der Waals surface area contributed by atoms with Crippen LogP contribution in [0.4, 0.5) is 0 Å². The number of rotatable bonds is 4. The summed E-state index contributed by atoms with van der Waals surface area (Å²) in [5.74, 6) is 0.845. The highest BCUT2D eigenvalue weighted by Crippen LogP contribution is 2.23. The highest BCUT2D eigenvalue weighted by Gasteiger charge is 2.05. The summed E-state index contributed by atoms with van der Waals surface area (Å²) in [6, 6.07) is 3.80. The molecule has 4 heteroatoms. The fourth-order valence-electron chi connectivity index (χ4n) is 1.15. The number of aromatic nitrogens is 1. The van der Waals surface area contributed by atoms with Crippen LogP contribution in [-0.4, -0.2) is 11.5 Å². The van der Waals surface area contributed by atoms with Crippen molar-refractivity contribution in [1.29, 1.82) is 0 Å². The fraction of sp³-hybridized carbons (Fsp3) is 0.300. The van der Waals surface area contributed by atoms with Crippen LogP contribution in [0, 0.1) is 0 Å². The Morgan fingerprint density at radius 1 is 1.57 bits per heavy atom. The summed E-state index contributed by atoms with van der Waals surface area (Å²) in [5, 5.41) is 6.24. The van der Waals surface area contributed by atoms with Gasteiger partial charge < -0.3 is 9.73 Å². The van der Waals surface area contributed by atoms with Gasteiger partial charge in [-0.3, -0.25) is 0 Å². The van der Waals surface area contributed by atoms with Crippen molar-refractivity contribution in [3.8, 4) is 10.8 Å². The van der Waals surface area contributed by atoms with Crippen LogP contribution in [0.3, 0.4) is 0 Å². The van der Waals surface area contributed by atoms with E-state index in [1.165, 1.54) is 0 Å². The van der Waals surface area contributed by atoms with Crippen LogP contribution in [0.5, 0.6) is 0 Å². The highest BCUT2D eigenvalue weighted by molar-refractivity contribution is 7.13. The van der Waals surface area contributed by atoms with E-state index < -0.39 is 0 Å². The summed E-state index contributed by atoms with van der Waals surface area (Å²) < 4.78 is 5.26. The van der Waals surface area contributed by atoms with Crippen molar-refractivity contribution >= 4 is 11.3 Å². The average Bonchev–Trinajstić information content (AvgIpc) is 2.85. The molecule has 2 heterocycles. The van der Waals surface area contributed by atoms with Crippen molar-refractivity contribution in [2.75, 3.05) is 6.54 Å². The second-order valence-electron chi connectivity index (χ2n) is 2.90. The molecule has 0 amide bonds. The van der Waals surface area contributed by atoms with Gasteiger partial charge in [-0.15, -0.1) is 11.3 Å². The highest BCUT2D eigenvalue weighted by atomic mass is 32.1. The summed E-state index contributed by atoms with van der Waals surface area (Å²) in [7, 11) is 0. The lowest BCUT2D eigenvalue weighted by Crippen LogP contribution is -2.11. The summed E-state index contributed by atoms with van der Waals surface area (Å²) in [6.45, 7) is 3.88. The summed E-state index contributed by atoms with van der Waals surface area (Å²) in [6.07, 6.45) is 1.67. The van der Waals surface area contributed by atoms with Gasteiger partial charge >= 0.3 is 0 Å². The minimum Gasteiger partial charge on any atom is -0.462 e. The van der Waals surface area contributed by atoms with Crippen molar-refractivity contribution in [3.63, 3.8) is 0 Å². The summed E-state index contributed by atoms with van der Waals surface area (Å²) in [5.41, 5.74) is 1.07. The number of hydrogen-bond donors (Lipinski definition) is 1. The Balaban J connectivity index is 2.10. The predicted molar refractivity (Wildman–Crippen MR) is 57.2 cm³/mol. The Morgan fingerprint density at radius 3 is 3.21 bits per heavy atom. The molecule has 0 saturated carbocycles. The van der Waals surface area contributed by atoms with Crippen LogP contribution >= 0.6 is 11.3 Å². The molecule has 0 unspecified atom stereocenters. The first kappa shape index (κ1) is 9.43. The normalized spacial score (nSPS) is 10.6. The standard InChI is InChI=1S/C10H12N2OS/c1-2-11-6-8-7-14-10(12-8)9-4-3-5-13-9/h3-5,7,11H,2,6H2,1H3. The lowest BCUT2D eigenvalue weighted by molar-refractivity contribution is 0.581. The van der Waals surface area contributed by atoms with Gasteiger partial charge in [-0.25, -0.2) is 4.98 Å². The minimum absolute atomic E-state index is 0.827. The molecule has 0 aromatic carbocycles. The molecule has 2 aromatic rings. The van der Waals surface area contributed by atoms with Gasteiger partial charge in [0, 0.05) is 11.9 Å². The molecular weight excluding hydrogens is 196 g/mol. The van der Waals surface area contributed by atoms with Gasteiger partial charge in [-0.1, -0.05) is 6.92 Å². The Hall–Kier alpha value is -1.13. The third-order valence-corrected chi connectivity index (χ3v) is 2.75. The summed E-state index contributed by atoms with van der Waals surface area (Å²) in [4.78, 5) is 4.45. The third-order valence-electron chi connectivity index (χ3n) is 1.84. The van der Waals surface area contributed by atoms with E-state index in [4.69, 9.17) is 4.42 Å². The zero-order valence-electron chi connectivity index (χ0n) is 7.99. The topological polar surface area (TPSA) is 38.1 Å².